The quantitative estimate of drug-likeness (QED) is 0.132. The highest BCUT2D eigenvalue weighted by atomic mass is 16.9. The Kier molecular flexibility index (Phi) is 9.63. The van der Waals surface area contributed by atoms with Gasteiger partial charge in [0, 0.05) is 26.2 Å². The van der Waals surface area contributed by atoms with Crippen LogP contribution in [0, 0.1) is 0 Å². The first-order valence-electron chi connectivity index (χ1n) is 16.8. The molecule has 4 aromatic carbocycles. The second-order valence-corrected chi connectivity index (χ2v) is 12.5. The summed E-state index contributed by atoms with van der Waals surface area (Å²) in [5.41, 5.74) is 2.03. The number of ether oxygens (including phenoxy) is 3. The molecule has 0 bridgehead atoms. The number of ketones is 1. The summed E-state index contributed by atoms with van der Waals surface area (Å²) < 4.78 is 21.5. The molecule has 2 aromatic heterocycles. The highest BCUT2D eigenvalue weighted by Gasteiger charge is 2.59. The number of Topliss-reactive ketones (excluding diaryl/α,β-unsaturated/α-hetero) is 1. The molecule has 3 unspecified atom stereocenters. The molecule has 1 saturated heterocycles. The van der Waals surface area contributed by atoms with Crippen LogP contribution in [0.15, 0.2) is 134 Å². The van der Waals surface area contributed by atoms with Gasteiger partial charge in [-0.15, -0.1) is 0 Å². The van der Waals surface area contributed by atoms with Gasteiger partial charge in [0.25, 0.3) is 5.91 Å². The number of rotatable bonds is 12. The van der Waals surface area contributed by atoms with Gasteiger partial charge in [-0.2, -0.15) is 0 Å². The van der Waals surface area contributed by atoms with Crippen LogP contribution in [0.5, 0.6) is 0 Å². The molecule has 1 aliphatic heterocycles. The van der Waals surface area contributed by atoms with E-state index in [9.17, 15) is 14.7 Å². The van der Waals surface area contributed by atoms with Gasteiger partial charge < -0.3 is 24.6 Å². The maximum atomic E-state index is 13.4. The first-order chi connectivity index (χ1) is 25.3. The molecular weight excluding hydrogens is 660 g/mol. The van der Waals surface area contributed by atoms with Crippen LogP contribution < -0.4 is 10.3 Å². The number of hydrogen-bond acceptors (Lipinski definition) is 10. The van der Waals surface area contributed by atoms with Crippen molar-refractivity contribution in [2.75, 3.05) is 24.5 Å². The third kappa shape index (κ3) is 6.01. The van der Waals surface area contributed by atoms with E-state index in [1.165, 1.54) is 33.8 Å². The maximum absolute atomic E-state index is 13.4. The normalized spacial score (nSPS) is 17.7. The number of carbonyl (C=O) groups excluding carboxylic acids is 2. The average molecular weight is 699 g/mol. The maximum Gasteiger partial charge on any atom is 0.307 e. The standard InChI is InChI=1S/C40H38N6O6/c1-27(47)35-32(48)24-33(46(35)45-26-43-34-36(41-25-42-37(34)45)44-38(49)28-16-8-4-9-17-28)40(50-2,51-3)52-39(29-18-10-5-11-19-29,30-20-12-6-13-21-30)31-22-14-7-15-23-31/h4-23,25-26,32-33,35,48H,24H2,1-3H3,(H,41,42,44,49). The van der Waals surface area contributed by atoms with Crippen LogP contribution >= 0.6 is 0 Å². The fourth-order valence-electron chi connectivity index (χ4n) is 7.15. The molecule has 7 rings (SSSR count). The third-order valence-corrected chi connectivity index (χ3v) is 9.50. The Morgan fingerprint density at radius 1 is 0.769 bits per heavy atom. The lowest BCUT2D eigenvalue weighted by atomic mass is 9.80. The summed E-state index contributed by atoms with van der Waals surface area (Å²) in [5, 5.41) is 16.1. The van der Waals surface area contributed by atoms with E-state index in [-0.39, 0.29) is 35.1 Å². The first-order valence-corrected chi connectivity index (χ1v) is 16.8. The second kappa shape index (κ2) is 14.4. The van der Waals surface area contributed by atoms with E-state index in [2.05, 4.69) is 20.3 Å². The van der Waals surface area contributed by atoms with Crippen LogP contribution in [0.2, 0.25) is 0 Å². The van der Waals surface area contributed by atoms with E-state index in [0.29, 0.717) is 5.56 Å². The van der Waals surface area contributed by atoms with Crippen molar-refractivity contribution in [2.45, 2.75) is 43.1 Å². The Morgan fingerprint density at radius 3 is 1.79 bits per heavy atom. The van der Waals surface area contributed by atoms with Crippen molar-refractivity contribution in [1.82, 2.24) is 19.6 Å². The number of aliphatic hydroxyl groups excluding tert-OH is 1. The topological polar surface area (TPSA) is 141 Å². The zero-order valence-electron chi connectivity index (χ0n) is 28.9. The molecule has 12 heteroatoms. The van der Waals surface area contributed by atoms with Gasteiger partial charge >= 0.3 is 5.97 Å². The fraction of sp³-hybridized carbons (Fsp3) is 0.225. The molecule has 52 heavy (non-hydrogen) atoms. The number of anilines is 1. The molecule has 1 aliphatic rings. The third-order valence-electron chi connectivity index (χ3n) is 9.50. The summed E-state index contributed by atoms with van der Waals surface area (Å²) in [6, 6.07) is 35.9. The number of aromatic nitrogens is 4. The molecule has 0 spiro atoms. The number of benzene rings is 4. The van der Waals surface area contributed by atoms with Crippen molar-refractivity contribution in [3.05, 3.63) is 156 Å². The molecular formula is C40H38N6O6. The van der Waals surface area contributed by atoms with Crippen molar-refractivity contribution >= 4 is 28.7 Å². The minimum absolute atomic E-state index is 0.00271. The molecule has 1 amide bonds. The average Bonchev–Trinajstić information content (AvgIpc) is 3.78. The second-order valence-electron chi connectivity index (χ2n) is 12.5. The van der Waals surface area contributed by atoms with E-state index in [4.69, 9.17) is 14.2 Å². The van der Waals surface area contributed by atoms with Gasteiger partial charge in [-0.3, -0.25) is 14.6 Å². The van der Waals surface area contributed by atoms with E-state index < -0.39 is 29.8 Å². The van der Waals surface area contributed by atoms with E-state index in [1.54, 1.807) is 34.0 Å². The highest BCUT2D eigenvalue weighted by molar-refractivity contribution is 6.06. The lowest BCUT2D eigenvalue weighted by Gasteiger charge is -2.47. The molecule has 0 aliphatic carbocycles. The fourth-order valence-corrected chi connectivity index (χ4v) is 7.15. The largest absolute Gasteiger partial charge is 0.390 e. The number of amides is 1. The Labute approximate surface area is 300 Å². The molecule has 3 atom stereocenters. The summed E-state index contributed by atoms with van der Waals surface area (Å²) >= 11 is 0. The van der Waals surface area contributed by atoms with E-state index >= 15 is 0 Å². The van der Waals surface area contributed by atoms with Crippen molar-refractivity contribution < 1.29 is 28.9 Å². The van der Waals surface area contributed by atoms with Gasteiger partial charge in [0.2, 0.25) is 0 Å². The SMILES string of the molecule is COC(OC)(OC(c1ccccc1)(c1ccccc1)c1ccccc1)C1CC(O)C(C(C)=O)N1n1cnc2c(NC(=O)c3ccccc3)ncnc21. The molecule has 0 saturated carbocycles. The zero-order chi connectivity index (χ0) is 36.3. The number of nitrogens with zero attached hydrogens (tertiary/aromatic N) is 5. The number of fused-ring (bicyclic) bond motifs is 1. The van der Waals surface area contributed by atoms with E-state index in [1.807, 2.05) is 97.1 Å². The molecule has 2 N–H and O–H groups in total. The van der Waals surface area contributed by atoms with Gasteiger partial charge in [-0.1, -0.05) is 109 Å². The summed E-state index contributed by atoms with van der Waals surface area (Å²) in [4.78, 5) is 39.9. The number of nitrogens with one attached hydrogen (secondary N) is 1. The van der Waals surface area contributed by atoms with Crippen molar-refractivity contribution in [1.29, 1.82) is 0 Å². The number of hydrogen-bond donors (Lipinski definition) is 2. The summed E-state index contributed by atoms with van der Waals surface area (Å²) in [7, 11) is 2.93. The smallest absolute Gasteiger partial charge is 0.307 e. The first kappa shape index (κ1) is 34.6. The van der Waals surface area contributed by atoms with Crippen LogP contribution in [0.4, 0.5) is 5.82 Å². The molecule has 264 valence electrons. The van der Waals surface area contributed by atoms with Crippen molar-refractivity contribution in [2.24, 2.45) is 0 Å². The monoisotopic (exact) mass is 698 g/mol. The van der Waals surface area contributed by atoms with Gasteiger partial charge in [0.05, 0.1) is 6.10 Å². The molecule has 3 heterocycles. The van der Waals surface area contributed by atoms with E-state index in [0.717, 1.165) is 16.7 Å². The predicted octanol–water partition coefficient (Wildman–Crippen LogP) is 5.06. The molecule has 1 fully saturated rings. The predicted molar refractivity (Wildman–Crippen MR) is 194 cm³/mol. The van der Waals surface area contributed by atoms with Gasteiger partial charge in [0.15, 0.2) is 22.8 Å². The van der Waals surface area contributed by atoms with Gasteiger partial charge in [-0.25, -0.2) is 19.6 Å². The lowest BCUT2D eigenvalue weighted by molar-refractivity contribution is -0.397. The number of methoxy groups -OCH3 is 2. The minimum atomic E-state index is -1.93. The summed E-state index contributed by atoms with van der Waals surface area (Å²) in [6.45, 7) is 1.41. The van der Waals surface area contributed by atoms with Crippen LogP contribution in [-0.4, -0.2) is 74.8 Å². The van der Waals surface area contributed by atoms with Crippen molar-refractivity contribution in [3.8, 4) is 0 Å². The number of carbonyl (C=O) groups is 2. The molecule has 6 aromatic rings. The Morgan fingerprint density at radius 2 is 1.29 bits per heavy atom. The van der Waals surface area contributed by atoms with Crippen molar-refractivity contribution in [3.63, 3.8) is 0 Å². The summed E-state index contributed by atoms with van der Waals surface area (Å²) in [5.74, 6) is -2.45. The minimum Gasteiger partial charge on any atom is -0.390 e. The van der Waals surface area contributed by atoms with Crippen LogP contribution in [0.25, 0.3) is 11.2 Å². The highest BCUT2D eigenvalue weighted by Crippen LogP contribution is 2.47. The number of aliphatic hydroxyl groups is 1. The van der Waals surface area contributed by atoms with Gasteiger partial charge in [0.1, 0.15) is 30.3 Å². The zero-order valence-corrected chi connectivity index (χ0v) is 28.9. The van der Waals surface area contributed by atoms with Gasteiger partial charge in [-0.05, 0) is 35.7 Å². The number of imidazole rings is 1. The lowest BCUT2D eigenvalue weighted by Crippen LogP contribution is -2.62. The Bertz CT molecular complexity index is 2050. The van der Waals surface area contributed by atoms with Crippen LogP contribution in [0.3, 0.4) is 0 Å². The summed E-state index contributed by atoms with van der Waals surface area (Å²) in [6.07, 6.45) is 1.61. The Hall–Kier alpha value is -5.79. The Balaban J connectivity index is 1.39. The van der Waals surface area contributed by atoms with Crippen LogP contribution in [0.1, 0.15) is 40.4 Å². The molecule has 0 radical (unpaired) electrons. The molecule has 12 nitrogen and oxygen atoms in total. The van der Waals surface area contributed by atoms with Crippen LogP contribution in [-0.2, 0) is 24.6 Å².